The van der Waals surface area contributed by atoms with Gasteiger partial charge in [-0.1, -0.05) is 60.3 Å². The molecule has 0 spiro atoms. The van der Waals surface area contributed by atoms with Gasteiger partial charge in [-0.25, -0.2) is 0 Å². The van der Waals surface area contributed by atoms with Gasteiger partial charge in [0, 0.05) is 9.79 Å². The highest BCUT2D eigenvalue weighted by molar-refractivity contribution is 7.99. The van der Waals surface area contributed by atoms with E-state index in [1.54, 1.807) is 11.8 Å². The van der Waals surface area contributed by atoms with Crippen molar-refractivity contribution in [2.75, 3.05) is 0 Å². The minimum absolute atomic E-state index is 0.455. The minimum atomic E-state index is 0.455. The Morgan fingerprint density at radius 3 is 2.45 bits per heavy atom. The van der Waals surface area contributed by atoms with Crippen molar-refractivity contribution in [3.63, 3.8) is 0 Å². The molecule has 0 amide bonds. The number of nitrogens with zero attached hydrogens (tertiary/aromatic N) is 1. The van der Waals surface area contributed by atoms with E-state index in [9.17, 15) is 0 Å². The van der Waals surface area contributed by atoms with Crippen molar-refractivity contribution in [3.8, 4) is 6.07 Å². The van der Waals surface area contributed by atoms with Crippen molar-refractivity contribution in [1.82, 2.24) is 0 Å². The van der Waals surface area contributed by atoms with Gasteiger partial charge in [0.25, 0.3) is 0 Å². The molecule has 96 valence electrons. The molecule has 1 nitrogen and oxygen atoms in total. The molecule has 0 bridgehead atoms. The van der Waals surface area contributed by atoms with Crippen molar-refractivity contribution in [2.45, 2.75) is 16.2 Å². The first-order chi connectivity index (χ1) is 9.86. The molecule has 0 atom stereocenters. The summed E-state index contributed by atoms with van der Waals surface area (Å²) in [6.45, 7) is 0. The largest absolute Gasteiger partial charge is 0.198 e. The van der Waals surface area contributed by atoms with E-state index in [1.807, 2.05) is 18.2 Å². The van der Waals surface area contributed by atoms with E-state index >= 15 is 0 Å². The molecular formula is C18H13NS. The smallest absolute Gasteiger partial charge is 0.0670 e. The fourth-order valence-corrected chi connectivity index (χ4v) is 3.19. The van der Waals surface area contributed by atoms with Crippen LogP contribution in [0.1, 0.15) is 5.56 Å². The SMILES string of the molecule is N#CCc1ccccc1Sc1ccc2ccccc2c1. The summed E-state index contributed by atoms with van der Waals surface area (Å²) < 4.78 is 0. The lowest BCUT2D eigenvalue weighted by atomic mass is 10.1. The zero-order valence-corrected chi connectivity index (χ0v) is 11.7. The quantitative estimate of drug-likeness (QED) is 0.667. The average molecular weight is 275 g/mol. The van der Waals surface area contributed by atoms with Crippen LogP contribution in [0.2, 0.25) is 0 Å². The van der Waals surface area contributed by atoms with Gasteiger partial charge in [-0.15, -0.1) is 0 Å². The Balaban J connectivity index is 1.95. The summed E-state index contributed by atoms with van der Waals surface area (Å²) in [6, 6.07) is 25.2. The summed E-state index contributed by atoms with van der Waals surface area (Å²) in [5, 5.41) is 11.4. The molecule has 0 saturated carbocycles. The van der Waals surface area contributed by atoms with Crippen LogP contribution in [-0.4, -0.2) is 0 Å². The maximum atomic E-state index is 8.89. The molecule has 0 saturated heterocycles. The van der Waals surface area contributed by atoms with E-state index in [4.69, 9.17) is 5.26 Å². The standard InChI is InChI=1S/C18H13NS/c19-12-11-15-6-3-4-8-18(15)20-17-10-9-14-5-1-2-7-16(14)13-17/h1-10,13H,11H2. The zero-order valence-electron chi connectivity index (χ0n) is 10.9. The second-order valence-corrected chi connectivity index (χ2v) is 5.67. The van der Waals surface area contributed by atoms with Gasteiger partial charge >= 0.3 is 0 Å². The summed E-state index contributed by atoms with van der Waals surface area (Å²) in [6.07, 6.45) is 0.455. The van der Waals surface area contributed by atoms with E-state index in [0.717, 1.165) is 10.5 Å². The maximum Gasteiger partial charge on any atom is 0.0670 e. The Morgan fingerprint density at radius 2 is 1.60 bits per heavy atom. The lowest BCUT2D eigenvalue weighted by molar-refractivity contribution is 1.18. The van der Waals surface area contributed by atoms with E-state index in [2.05, 4.69) is 54.6 Å². The van der Waals surface area contributed by atoms with Crippen LogP contribution >= 0.6 is 11.8 Å². The van der Waals surface area contributed by atoms with Crippen molar-refractivity contribution >= 4 is 22.5 Å². The van der Waals surface area contributed by atoms with Gasteiger partial charge in [0.05, 0.1) is 12.5 Å². The molecular weight excluding hydrogens is 262 g/mol. The van der Waals surface area contributed by atoms with E-state index in [1.165, 1.54) is 15.7 Å². The number of hydrogen-bond donors (Lipinski definition) is 0. The van der Waals surface area contributed by atoms with Crippen LogP contribution in [0.4, 0.5) is 0 Å². The summed E-state index contributed by atoms with van der Waals surface area (Å²) in [4.78, 5) is 2.36. The minimum Gasteiger partial charge on any atom is -0.198 e. The van der Waals surface area contributed by atoms with Crippen molar-refractivity contribution in [3.05, 3.63) is 72.3 Å². The molecule has 2 heteroatoms. The third-order valence-electron chi connectivity index (χ3n) is 3.19. The molecule has 0 aliphatic rings. The molecule has 3 aromatic rings. The van der Waals surface area contributed by atoms with Gasteiger partial charge < -0.3 is 0 Å². The monoisotopic (exact) mass is 275 g/mol. The Bertz CT molecular complexity index is 787. The normalized spacial score (nSPS) is 10.3. The summed E-state index contributed by atoms with van der Waals surface area (Å²) in [5.74, 6) is 0. The Morgan fingerprint density at radius 1 is 0.850 bits per heavy atom. The highest BCUT2D eigenvalue weighted by Gasteiger charge is 2.04. The number of rotatable bonds is 3. The van der Waals surface area contributed by atoms with Crippen molar-refractivity contribution in [1.29, 1.82) is 5.26 Å². The van der Waals surface area contributed by atoms with E-state index in [-0.39, 0.29) is 0 Å². The number of nitriles is 1. The predicted octanol–water partition coefficient (Wildman–Crippen LogP) is 5.06. The molecule has 0 fully saturated rings. The predicted molar refractivity (Wildman–Crippen MR) is 83.8 cm³/mol. The Kier molecular flexibility index (Phi) is 3.71. The highest BCUT2D eigenvalue weighted by Crippen LogP contribution is 2.32. The topological polar surface area (TPSA) is 23.8 Å². The first-order valence-electron chi connectivity index (χ1n) is 6.48. The van der Waals surface area contributed by atoms with Gasteiger partial charge in [0.2, 0.25) is 0 Å². The summed E-state index contributed by atoms with van der Waals surface area (Å²) in [5.41, 5.74) is 1.09. The maximum absolute atomic E-state index is 8.89. The average Bonchev–Trinajstić information content (AvgIpc) is 2.49. The molecule has 3 aromatic carbocycles. The first kappa shape index (κ1) is 12.8. The van der Waals surface area contributed by atoms with Gasteiger partial charge in [-0.2, -0.15) is 5.26 Å². The van der Waals surface area contributed by atoms with Crippen LogP contribution in [0.5, 0.6) is 0 Å². The zero-order chi connectivity index (χ0) is 13.8. The molecule has 3 rings (SSSR count). The second-order valence-electron chi connectivity index (χ2n) is 4.55. The molecule has 0 unspecified atom stereocenters. The fraction of sp³-hybridized carbons (Fsp3) is 0.0556. The summed E-state index contributed by atoms with van der Waals surface area (Å²) >= 11 is 1.72. The van der Waals surface area contributed by atoms with E-state index in [0.29, 0.717) is 6.42 Å². The van der Waals surface area contributed by atoms with E-state index < -0.39 is 0 Å². The molecule has 0 aliphatic carbocycles. The Labute approximate surface area is 122 Å². The summed E-state index contributed by atoms with van der Waals surface area (Å²) in [7, 11) is 0. The third kappa shape index (κ3) is 2.68. The first-order valence-corrected chi connectivity index (χ1v) is 7.30. The van der Waals surface area contributed by atoms with Crippen molar-refractivity contribution in [2.24, 2.45) is 0 Å². The van der Waals surface area contributed by atoms with Crippen LogP contribution in [0, 0.1) is 11.3 Å². The lowest BCUT2D eigenvalue weighted by Crippen LogP contribution is -1.85. The second kappa shape index (κ2) is 5.81. The van der Waals surface area contributed by atoms with Gasteiger partial charge in [0.1, 0.15) is 0 Å². The lowest BCUT2D eigenvalue weighted by Gasteiger charge is -2.07. The fourth-order valence-electron chi connectivity index (χ4n) is 2.19. The number of hydrogen-bond acceptors (Lipinski definition) is 2. The van der Waals surface area contributed by atoms with Gasteiger partial charge in [0.15, 0.2) is 0 Å². The van der Waals surface area contributed by atoms with Crippen LogP contribution in [-0.2, 0) is 6.42 Å². The van der Waals surface area contributed by atoms with Crippen LogP contribution in [0.3, 0.4) is 0 Å². The number of benzene rings is 3. The molecule has 20 heavy (non-hydrogen) atoms. The van der Waals surface area contributed by atoms with Crippen LogP contribution in [0.15, 0.2) is 76.5 Å². The van der Waals surface area contributed by atoms with Crippen LogP contribution in [0.25, 0.3) is 10.8 Å². The third-order valence-corrected chi connectivity index (χ3v) is 4.30. The van der Waals surface area contributed by atoms with Gasteiger partial charge in [-0.05, 0) is 34.5 Å². The van der Waals surface area contributed by atoms with Gasteiger partial charge in [-0.3, -0.25) is 0 Å². The molecule has 0 aromatic heterocycles. The highest BCUT2D eigenvalue weighted by atomic mass is 32.2. The Hall–Kier alpha value is -2.24. The van der Waals surface area contributed by atoms with Crippen molar-refractivity contribution < 1.29 is 0 Å². The molecule has 0 radical (unpaired) electrons. The number of fused-ring (bicyclic) bond motifs is 1. The van der Waals surface area contributed by atoms with Crippen LogP contribution < -0.4 is 0 Å². The molecule has 0 heterocycles. The molecule has 0 aliphatic heterocycles. The molecule has 0 N–H and O–H groups in total.